The van der Waals surface area contributed by atoms with Crippen molar-refractivity contribution in [2.75, 3.05) is 13.7 Å². The Morgan fingerprint density at radius 1 is 1.44 bits per heavy atom. The second kappa shape index (κ2) is 5.67. The van der Waals surface area contributed by atoms with E-state index in [0.29, 0.717) is 12.6 Å². The molecule has 0 heterocycles. The normalized spacial score (nSPS) is 26.8. The minimum atomic E-state index is -0.233. The lowest BCUT2D eigenvalue weighted by Gasteiger charge is -2.43. The first kappa shape index (κ1) is 13.3. The van der Waals surface area contributed by atoms with Gasteiger partial charge in [0.25, 0.3) is 0 Å². The van der Waals surface area contributed by atoms with Crippen LogP contribution >= 0.6 is 0 Å². The van der Waals surface area contributed by atoms with Crippen molar-refractivity contribution in [3.05, 3.63) is 29.6 Å². The highest BCUT2D eigenvalue weighted by molar-refractivity contribution is 5.33. The van der Waals surface area contributed by atoms with Gasteiger partial charge in [-0.2, -0.15) is 0 Å². The molecule has 0 radical (unpaired) electrons. The summed E-state index contributed by atoms with van der Waals surface area (Å²) in [6.45, 7) is 4.50. The zero-order valence-corrected chi connectivity index (χ0v) is 11.1. The van der Waals surface area contributed by atoms with E-state index in [1.54, 1.807) is 6.07 Å². The van der Waals surface area contributed by atoms with Crippen LogP contribution in [-0.4, -0.2) is 31.9 Å². The molecule has 3 nitrogen and oxygen atoms in total. The molecule has 18 heavy (non-hydrogen) atoms. The highest BCUT2D eigenvalue weighted by atomic mass is 19.1. The molecule has 2 rings (SSSR count). The first-order valence-electron chi connectivity index (χ1n) is 6.37. The maximum absolute atomic E-state index is 13.0. The Morgan fingerprint density at radius 2 is 2.22 bits per heavy atom. The third-order valence-electron chi connectivity index (χ3n) is 3.39. The van der Waals surface area contributed by atoms with E-state index < -0.39 is 0 Å². The van der Waals surface area contributed by atoms with Gasteiger partial charge in [-0.15, -0.1) is 0 Å². The van der Waals surface area contributed by atoms with Crippen molar-refractivity contribution in [1.29, 1.82) is 0 Å². The van der Waals surface area contributed by atoms with Crippen molar-refractivity contribution in [2.45, 2.75) is 38.5 Å². The third-order valence-corrected chi connectivity index (χ3v) is 3.39. The molecule has 3 unspecified atom stereocenters. The average Bonchev–Trinajstić information content (AvgIpc) is 2.33. The van der Waals surface area contributed by atoms with Gasteiger partial charge in [-0.05, 0) is 44.7 Å². The number of halogens is 1. The van der Waals surface area contributed by atoms with E-state index in [1.165, 1.54) is 12.1 Å². The minimum Gasteiger partial charge on any atom is -0.487 e. The highest BCUT2D eigenvalue weighted by Crippen LogP contribution is 2.30. The van der Waals surface area contributed by atoms with E-state index in [1.807, 2.05) is 20.9 Å². The van der Waals surface area contributed by atoms with Crippen LogP contribution in [0.3, 0.4) is 0 Å². The molecule has 1 saturated carbocycles. The van der Waals surface area contributed by atoms with E-state index in [9.17, 15) is 4.39 Å². The van der Waals surface area contributed by atoms with Crippen molar-refractivity contribution in [1.82, 2.24) is 5.32 Å². The molecular formula is C14H20FNO2. The molecule has 3 atom stereocenters. The summed E-state index contributed by atoms with van der Waals surface area (Å²) in [5, 5.41) is 3.21. The smallest absolute Gasteiger partial charge is 0.128 e. The number of likely N-dealkylation sites (N-methyl/N-ethyl adjacent to an activating group) is 1. The maximum atomic E-state index is 13.0. The maximum Gasteiger partial charge on any atom is 0.128 e. The molecule has 0 saturated heterocycles. The van der Waals surface area contributed by atoms with Crippen LogP contribution in [0.15, 0.2) is 18.2 Å². The number of benzene rings is 1. The Morgan fingerprint density at radius 3 is 2.83 bits per heavy atom. The van der Waals surface area contributed by atoms with Crippen LogP contribution in [0.4, 0.5) is 4.39 Å². The Bertz CT molecular complexity index is 411. The topological polar surface area (TPSA) is 30.5 Å². The average molecular weight is 253 g/mol. The van der Waals surface area contributed by atoms with E-state index >= 15 is 0 Å². The Balaban J connectivity index is 2.01. The molecule has 1 N–H and O–H groups in total. The van der Waals surface area contributed by atoms with E-state index in [-0.39, 0.29) is 18.0 Å². The lowest BCUT2D eigenvalue weighted by molar-refractivity contribution is -0.103. The summed E-state index contributed by atoms with van der Waals surface area (Å²) in [6, 6.07) is 4.93. The van der Waals surface area contributed by atoms with Crippen LogP contribution < -0.4 is 10.1 Å². The van der Waals surface area contributed by atoms with Crippen molar-refractivity contribution in [3.8, 4) is 5.75 Å². The van der Waals surface area contributed by atoms with Crippen LogP contribution in [0.5, 0.6) is 5.75 Å². The predicted molar refractivity (Wildman–Crippen MR) is 68.4 cm³/mol. The molecule has 100 valence electrons. The van der Waals surface area contributed by atoms with Gasteiger partial charge in [-0.25, -0.2) is 4.39 Å². The molecule has 1 aliphatic rings. The molecule has 0 aliphatic heterocycles. The van der Waals surface area contributed by atoms with Gasteiger partial charge in [-0.3, -0.25) is 0 Å². The van der Waals surface area contributed by atoms with Gasteiger partial charge < -0.3 is 14.8 Å². The first-order valence-corrected chi connectivity index (χ1v) is 6.37. The fourth-order valence-electron chi connectivity index (χ4n) is 2.30. The number of hydrogen-bond donors (Lipinski definition) is 1. The predicted octanol–water partition coefficient (Wildman–Crippen LogP) is 2.28. The summed E-state index contributed by atoms with van der Waals surface area (Å²) in [7, 11) is 1.93. The second-order valence-electron chi connectivity index (χ2n) is 4.62. The molecule has 1 fully saturated rings. The fraction of sp³-hybridized carbons (Fsp3) is 0.571. The highest BCUT2D eigenvalue weighted by Gasteiger charge is 2.42. The van der Waals surface area contributed by atoms with Crippen molar-refractivity contribution in [3.63, 3.8) is 0 Å². The SMILES string of the molecule is CCOC1C(NC)CC1Oc1ccc(F)cc1C. The molecule has 4 heteroatoms. The lowest BCUT2D eigenvalue weighted by atomic mass is 9.85. The van der Waals surface area contributed by atoms with Gasteiger partial charge in [0.15, 0.2) is 0 Å². The summed E-state index contributed by atoms with van der Waals surface area (Å²) >= 11 is 0. The van der Waals surface area contributed by atoms with Gasteiger partial charge in [0.1, 0.15) is 23.8 Å². The van der Waals surface area contributed by atoms with Crippen molar-refractivity contribution >= 4 is 0 Å². The first-order chi connectivity index (χ1) is 8.65. The molecule has 0 spiro atoms. The van der Waals surface area contributed by atoms with E-state index in [2.05, 4.69) is 5.32 Å². The van der Waals surface area contributed by atoms with Crippen LogP contribution in [0.2, 0.25) is 0 Å². The van der Waals surface area contributed by atoms with Gasteiger partial charge in [0, 0.05) is 19.1 Å². The van der Waals surface area contributed by atoms with Crippen LogP contribution in [0, 0.1) is 12.7 Å². The largest absolute Gasteiger partial charge is 0.487 e. The van der Waals surface area contributed by atoms with Crippen LogP contribution in [0.25, 0.3) is 0 Å². The molecular weight excluding hydrogens is 233 g/mol. The quantitative estimate of drug-likeness (QED) is 0.873. The molecule has 0 amide bonds. The van der Waals surface area contributed by atoms with Gasteiger partial charge in [-0.1, -0.05) is 0 Å². The third kappa shape index (κ3) is 2.65. The number of rotatable bonds is 5. The van der Waals surface area contributed by atoms with E-state index in [4.69, 9.17) is 9.47 Å². The Hall–Kier alpha value is -1.13. The van der Waals surface area contributed by atoms with Crippen LogP contribution in [0.1, 0.15) is 18.9 Å². The number of nitrogens with one attached hydrogen (secondary N) is 1. The molecule has 1 aromatic rings. The van der Waals surface area contributed by atoms with Crippen molar-refractivity contribution < 1.29 is 13.9 Å². The Labute approximate surface area is 107 Å². The fourth-order valence-corrected chi connectivity index (χ4v) is 2.30. The monoisotopic (exact) mass is 253 g/mol. The molecule has 1 aliphatic carbocycles. The van der Waals surface area contributed by atoms with Crippen LogP contribution in [-0.2, 0) is 4.74 Å². The van der Waals surface area contributed by atoms with Gasteiger partial charge >= 0.3 is 0 Å². The van der Waals surface area contributed by atoms with Gasteiger partial charge in [0.2, 0.25) is 0 Å². The Kier molecular flexibility index (Phi) is 4.19. The van der Waals surface area contributed by atoms with Crippen molar-refractivity contribution in [2.24, 2.45) is 0 Å². The second-order valence-corrected chi connectivity index (χ2v) is 4.62. The number of ether oxygens (including phenoxy) is 2. The summed E-state index contributed by atoms with van der Waals surface area (Å²) in [4.78, 5) is 0. The standard InChI is InChI=1S/C14H20FNO2/c1-4-17-14-11(16-3)8-13(14)18-12-6-5-10(15)7-9(12)2/h5-7,11,13-14,16H,4,8H2,1-3H3. The summed E-state index contributed by atoms with van der Waals surface area (Å²) in [5.41, 5.74) is 0.818. The summed E-state index contributed by atoms with van der Waals surface area (Å²) in [5.74, 6) is 0.503. The molecule has 1 aromatic carbocycles. The van der Waals surface area contributed by atoms with E-state index in [0.717, 1.165) is 17.7 Å². The molecule has 0 aromatic heterocycles. The zero-order chi connectivity index (χ0) is 13.1. The summed E-state index contributed by atoms with van der Waals surface area (Å²) < 4.78 is 24.6. The lowest BCUT2D eigenvalue weighted by Crippen LogP contribution is -2.60. The number of aryl methyl sites for hydroxylation is 1. The summed E-state index contributed by atoms with van der Waals surface area (Å²) in [6.07, 6.45) is 1.04. The number of hydrogen-bond acceptors (Lipinski definition) is 3. The minimum absolute atomic E-state index is 0.0477. The van der Waals surface area contributed by atoms with Gasteiger partial charge in [0.05, 0.1) is 0 Å². The molecule has 0 bridgehead atoms. The zero-order valence-electron chi connectivity index (χ0n) is 11.1.